The van der Waals surface area contributed by atoms with E-state index in [1.54, 1.807) is 0 Å². The first-order valence-electron chi connectivity index (χ1n) is 6.44. The van der Waals surface area contributed by atoms with E-state index in [4.69, 9.17) is 4.74 Å². The number of aliphatic imine (C=N–C) groups is 1. The van der Waals surface area contributed by atoms with Gasteiger partial charge in [-0.15, -0.1) is 0 Å². The van der Waals surface area contributed by atoms with Crippen LogP contribution in [-0.4, -0.2) is 23.7 Å². The Labute approximate surface area is 131 Å². The molecule has 0 spiro atoms. The molecular formula is C16H14INO2. The highest BCUT2D eigenvalue weighted by molar-refractivity contribution is 14.1. The molecule has 0 radical (unpaired) electrons. The van der Waals surface area contributed by atoms with Crippen LogP contribution in [0, 0.1) is 3.57 Å². The number of aliphatic hydroxyl groups is 1. The zero-order chi connectivity index (χ0) is 13.9. The fraction of sp³-hybridized carbons (Fsp3) is 0.188. The van der Waals surface area contributed by atoms with Crippen molar-refractivity contribution in [1.29, 1.82) is 0 Å². The standard InChI is InChI=1S/C16H14INO2/c17-13-8-6-11(7-9-13)15-14(10-19)18-16(20-15)12-4-2-1-3-5-12/h1-9,14-15,19H,10H2/t14-,15-/m0/s1. The van der Waals surface area contributed by atoms with Gasteiger partial charge in [0.15, 0.2) is 6.10 Å². The number of nitrogens with zero attached hydrogens (tertiary/aromatic N) is 1. The maximum absolute atomic E-state index is 9.53. The van der Waals surface area contributed by atoms with Gasteiger partial charge in [0.25, 0.3) is 0 Å². The number of rotatable bonds is 3. The Kier molecular flexibility index (Phi) is 4.03. The van der Waals surface area contributed by atoms with Crippen LogP contribution in [-0.2, 0) is 4.74 Å². The first-order chi connectivity index (χ1) is 9.78. The van der Waals surface area contributed by atoms with E-state index in [1.807, 2.05) is 54.6 Å². The van der Waals surface area contributed by atoms with E-state index in [-0.39, 0.29) is 18.8 Å². The second-order valence-electron chi connectivity index (χ2n) is 4.64. The van der Waals surface area contributed by atoms with Crippen LogP contribution < -0.4 is 0 Å². The quantitative estimate of drug-likeness (QED) is 0.833. The van der Waals surface area contributed by atoms with Crippen LogP contribution in [0.3, 0.4) is 0 Å². The maximum Gasteiger partial charge on any atom is 0.217 e. The third kappa shape index (κ3) is 2.71. The van der Waals surface area contributed by atoms with Gasteiger partial charge in [-0.25, -0.2) is 4.99 Å². The van der Waals surface area contributed by atoms with E-state index in [9.17, 15) is 5.11 Å². The zero-order valence-electron chi connectivity index (χ0n) is 10.7. The average molecular weight is 379 g/mol. The van der Waals surface area contributed by atoms with Crippen molar-refractivity contribution >= 4 is 28.5 Å². The van der Waals surface area contributed by atoms with Crippen LogP contribution in [0.25, 0.3) is 0 Å². The van der Waals surface area contributed by atoms with Crippen LogP contribution in [0.2, 0.25) is 0 Å². The highest BCUT2D eigenvalue weighted by atomic mass is 127. The van der Waals surface area contributed by atoms with E-state index in [0.717, 1.165) is 11.1 Å². The molecule has 0 bridgehead atoms. The third-order valence-electron chi connectivity index (χ3n) is 3.28. The first kappa shape index (κ1) is 13.6. The monoisotopic (exact) mass is 379 g/mol. The highest BCUT2D eigenvalue weighted by Crippen LogP contribution is 2.31. The molecular weight excluding hydrogens is 365 g/mol. The smallest absolute Gasteiger partial charge is 0.217 e. The molecule has 0 amide bonds. The van der Waals surface area contributed by atoms with E-state index in [1.165, 1.54) is 3.57 Å². The lowest BCUT2D eigenvalue weighted by Gasteiger charge is -2.16. The van der Waals surface area contributed by atoms with E-state index >= 15 is 0 Å². The normalized spacial score (nSPS) is 21.4. The van der Waals surface area contributed by atoms with Gasteiger partial charge in [0, 0.05) is 9.13 Å². The number of hydrogen-bond donors (Lipinski definition) is 1. The fourth-order valence-corrected chi connectivity index (χ4v) is 2.61. The SMILES string of the molecule is OC[C@@H]1N=C(c2ccccc2)O[C@H]1c1ccc(I)cc1. The molecule has 20 heavy (non-hydrogen) atoms. The molecule has 2 aromatic carbocycles. The lowest BCUT2D eigenvalue weighted by molar-refractivity contribution is 0.152. The van der Waals surface area contributed by atoms with Gasteiger partial charge in [0.05, 0.1) is 6.61 Å². The molecule has 4 heteroatoms. The van der Waals surface area contributed by atoms with Crippen molar-refractivity contribution in [2.24, 2.45) is 4.99 Å². The number of ether oxygens (including phenoxy) is 1. The molecule has 3 rings (SSSR count). The molecule has 0 aliphatic carbocycles. The summed E-state index contributed by atoms with van der Waals surface area (Å²) < 4.78 is 7.14. The number of aliphatic hydroxyl groups excluding tert-OH is 1. The van der Waals surface area contributed by atoms with Crippen molar-refractivity contribution in [3.05, 3.63) is 69.3 Å². The van der Waals surface area contributed by atoms with Gasteiger partial charge in [-0.2, -0.15) is 0 Å². The van der Waals surface area contributed by atoms with Crippen LogP contribution in [0.4, 0.5) is 0 Å². The summed E-state index contributed by atoms with van der Waals surface area (Å²) in [5.74, 6) is 0.605. The molecule has 0 saturated carbocycles. The summed E-state index contributed by atoms with van der Waals surface area (Å²) in [7, 11) is 0. The lowest BCUT2D eigenvalue weighted by atomic mass is 10.0. The lowest BCUT2D eigenvalue weighted by Crippen LogP contribution is -2.17. The molecule has 1 aliphatic rings. The second kappa shape index (κ2) is 5.93. The second-order valence-corrected chi connectivity index (χ2v) is 5.89. The molecule has 0 aromatic heterocycles. The summed E-state index contributed by atoms with van der Waals surface area (Å²) >= 11 is 2.27. The topological polar surface area (TPSA) is 41.8 Å². The number of hydrogen-bond acceptors (Lipinski definition) is 3. The molecule has 2 atom stereocenters. The van der Waals surface area contributed by atoms with Gasteiger partial charge in [-0.05, 0) is 52.4 Å². The van der Waals surface area contributed by atoms with E-state index in [2.05, 4.69) is 27.6 Å². The molecule has 1 aliphatic heterocycles. The van der Waals surface area contributed by atoms with Crippen molar-refractivity contribution in [2.75, 3.05) is 6.61 Å². The maximum atomic E-state index is 9.53. The largest absolute Gasteiger partial charge is 0.467 e. The summed E-state index contributed by atoms with van der Waals surface area (Å²) in [6.07, 6.45) is -0.216. The van der Waals surface area contributed by atoms with Crippen LogP contribution in [0.5, 0.6) is 0 Å². The van der Waals surface area contributed by atoms with Gasteiger partial charge < -0.3 is 9.84 Å². The molecule has 102 valence electrons. The summed E-state index contributed by atoms with van der Waals surface area (Å²) in [6, 6.07) is 17.7. The Morgan fingerprint density at radius 2 is 1.75 bits per heavy atom. The van der Waals surface area contributed by atoms with Crippen molar-refractivity contribution < 1.29 is 9.84 Å². The number of halogens is 1. The molecule has 3 nitrogen and oxygen atoms in total. The van der Waals surface area contributed by atoms with Crippen LogP contribution in [0.15, 0.2) is 59.6 Å². The van der Waals surface area contributed by atoms with Crippen LogP contribution in [0.1, 0.15) is 17.2 Å². The number of benzene rings is 2. The molecule has 0 fully saturated rings. The van der Waals surface area contributed by atoms with Gasteiger partial charge >= 0.3 is 0 Å². The first-order valence-corrected chi connectivity index (χ1v) is 7.52. The minimum atomic E-state index is -0.245. The Morgan fingerprint density at radius 3 is 2.40 bits per heavy atom. The van der Waals surface area contributed by atoms with Crippen molar-refractivity contribution in [1.82, 2.24) is 0 Å². The Hall–Kier alpha value is -1.40. The minimum absolute atomic E-state index is 0.0208. The van der Waals surface area contributed by atoms with Crippen LogP contribution >= 0.6 is 22.6 Å². The minimum Gasteiger partial charge on any atom is -0.467 e. The van der Waals surface area contributed by atoms with E-state index in [0.29, 0.717) is 5.90 Å². The average Bonchev–Trinajstić information content (AvgIpc) is 2.93. The Morgan fingerprint density at radius 1 is 1.05 bits per heavy atom. The molecule has 1 heterocycles. The summed E-state index contributed by atoms with van der Waals surface area (Å²) in [6.45, 7) is -0.0208. The van der Waals surface area contributed by atoms with Crippen molar-refractivity contribution in [2.45, 2.75) is 12.1 Å². The summed E-state index contributed by atoms with van der Waals surface area (Å²) in [5, 5.41) is 9.53. The van der Waals surface area contributed by atoms with Crippen molar-refractivity contribution in [3.63, 3.8) is 0 Å². The van der Waals surface area contributed by atoms with Gasteiger partial charge in [-0.3, -0.25) is 0 Å². The predicted octanol–water partition coefficient (Wildman–Crippen LogP) is 3.17. The molecule has 2 aromatic rings. The fourth-order valence-electron chi connectivity index (χ4n) is 2.25. The molecule has 0 saturated heterocycles. The highest BCUT2D eigenvalue weighted by Gasteiger charge is 2.32. The predicted molar refractivity (Wildman–Crippen MR) is 86.8 cm³/mol. The van der Waals surface area contributed by atoms with Crippen molar-refractivity contribution in [3.8, 4) is 0 Å². The van der Waals surface area contributed by atoms with Gasteiger partial charge in [0.2, 0.25) is 5.90 Å². The summed E-state index contributed by atoms with van der Waals surface area (Å²) in [4.78, 5) is 4.50. The van der Waals surface area contributed by atoms with Gasteiger partial charge in [0.1, 0.15) is 6.04 Å². The summed E-state index contributed by atoms with van der Waals surface area (Å²) in [5.41, 5.74) is 1.98. The molecule has 1 N–H and O–H groups in total. The van der Waals surface area contributed by atoms with E-state index < -0.39 is 0 Å². The van der Waals surface area contributed by atoms with Gasteiger partial charge in [-0.1, -0.05) is 30.3 Å². The Balaban J connectivity index is 1.87. The third-order valence-corrected chi connectivity index (χ3v) is 4.00. The Bertz CT molecular complexity index is 610. The zero-order valence-corrected chi connectivity index (χ0v) is 12.9. The molecule has 0 unspecified atom stereocenters.